The van der Waals surface area contributed by atoms with E-state index in [0.717, 1.165) is 18.9 Å². The first-order valence-electron chi connectivity index (χ1n) is 5.21. The van der Waals surface area contributed by atoms with Crippen LogP contribution in [0.4, 0.5) is 8.78 Å². The smallest absolute Gasteiger partial charge is 0.159 e. The number of benzene rings is 1. The Hall–Kier alpha value is -0.960. The summed E-state index contributed by atoms with van der Waals surface area (Å²) in [4.78, 5) is 0. The van der Waals surface area contributed by atoms with Crippen molar-refractivity contribution in [3.05, 3.63) is 35.4 Å². The second-order valence-corrected chi connectivity index (χ2v) is 4.25. The summed E-state index contributed by atoms with van der Waals surface area (Å²) in [6.07, 6.45) is 1.78. The molecule has 0 unspecified atom stereocenters. The van der Waals surface area contributed by atoms with E-state index < -0.39 is 11.6 Å². The molecule has 1 nitrogen and oxygen atoms in total. The van der Waals surface area contributed by atoms with Crippen molar-refractivity contribution in [2.45, 2.75) is 32.7 Å². The van der Waals surface area contributed by atoms with E-state index in [1.54, 1.807) is 6.07 Å². The minimum Gasteiger partial charge on any atom is -0.324 e. The normalized spacial score (nSPS) is 13.2. The minimum atomic E-state index is -0.826. The fourth-order valence-electron chi connectivity index (χ4n) is 1.42. The van der Waals surface area contributed by atoms with Crippen LogP contribution in [0.5, 0.6) is 0 Å². The Labute approximate surface area is 89.3 Å². The SMILES string of the molecule is CC(C)CC[C@H](N)c1ccc(F)c(F)c1. The molecule has 0 radical (unpaired) electrons. The third kappa shape index (κ3) is 3.59. The van der Waals surface area contributed by atoms with Crippen LogP contribution in [0.25, 0.3) is 0 Å². The van der Waals surface area contributed by atoms with Crippen molar-refractivity contribution in [3.63, 3.8) is 0 Å². The molecule has 2 N–H and O–H groups in total. The quantitative estimate of drug-likeness (QED) is 0.815. The Bertz CT molecular complexity index is 323. The zero-order valence-electron chi connectivity index (χ0n) is 9.13. The maximum absolute atomic E-state index is 12.9. The molecule has 1 aromatic rings. The van der Waals surface area contributed by atoms with Gasteiger partial charge in [0.25, 0.3) is 0 Å². The first-order valence-corrected chi connectivity index (χ1v) is 5.21. The molecule has 0 aliphatic heterocycles. The van der Waals surface area contributed by atoms with Crippen LogP contribution in [0.2, 0.25) is 0 Å². The Morgan fingerprint density at radius 3 is 2.33 bits per heavy atom. The molecular weight excluding hydrogens is 196 g/mol. The third-order valence-electron chi connectivity index (χ3n) is 2.43. The topological polar surface area (TPSA) is 26.0 Å². The van der Waals surface area contributed by atoms with Gasteiger partial charge in [-0.2, -0.15) is 0 Å². The average Bonchev–Trinajstić information content (AvgIpc) is 2.18. The first kappa shape index (κ1) is 12.1. The molecule has 0 saturated carbocycles. The van der Waals surface area contributed by atoms with Gasteiger partial charge in [-0.05, 0) is 36.5 Å². The van der Waals surface area contributed by atoms with Gasteiger partial charge in [0.2, 0.25) is 0 Å². The molecule has 0 aliphatic rings. The summed E-state index contributed by atoms with van der Waals surface area (Å²) < 4.78 is 25.6. The molecule has 0 saturated heterocycles. The molecule has 0 heterocycles. The summed E-state index contributed by atoms with van der Waals surface area (Å²) >= 11 is 0. The number of nitrogens with two attached hydrogens (primary N) is 1. The molecule has 1 rings (SSSR count). The lowest BCUT2D eigenvalue weighted by Crippen LogP contribution is -2.11. The van der Waals surface area contributed by atoms with Crippen LogP contribution in [0, 0.1) is 17.6 Å². The average molecular weight is 213 g/mol. The van der Waals surface area contributed by atoms with Crippen molar-refractivity contribution >= 4 is 0 Å². The van der Waals surface area contributed by atoms with Gasteiger partial charge in [0.1, 0.15) is 0 Å². The molecule has 0 aromatic heterocycles. The Kier molecular flexibility index (Phi) is 4.21. The van der Waals surface area contributed by atoms with Gasteiger partial charge in [0.15, 0.2) is 11.6 Å². The van der Waals surface area contributed by atoms with Crippen LogP contribution >= 0.6 is 0 Å². The maximum atomic E-state index is 12.9. The molecule has 84 valence electrons. The van der Waals surface area contributed by atoms with E-state index in [9.17, 15) is 8.78 Å². The summed E-state index contributed by atoms with van der Waals surface area (Å²) in [7, 11) is 0. The first-order chi connectivity index (χ1) is 7.00. The van der Waals surface area contributed by atoms with Gasteiger partial charge in [-0.25, -0.2) is 8.78 Å². The zero-order chi connectivity index (χ0) is 11.4. The van der Waals surface area contributed by atoms with Gasteiger partial charge in [-0.15, -0.1) is 0 Å². The number of rotatable bonds is 4. The summed E-state index contributed by atoms with van der Waals surface area (Å²) in [5, 5.41) is 0. The van der Waals surface area contributed by atoms with E-state index in [1.165, 1.54) is 6.07 Å². The summed E-state index contributed by atoms with van der Waals surface area (Å²) in [5.41, 5.74) is 6.53. The molecule has 1 atom stereocenters. The number of hydrogen-bond donors (Lipinski definition) is 1. The highest BCUT2D eigenvalue weighted by Gasteiger charge is 2.10. The van der Waals surface area contributed by atoms with E-state index in [1.807, 2.05) is 0 Å². The van der Waals surface area contributed by atoms with Gasteiger partial charge in [0, 0.05) is 6.04 Å². The van der Waals surface area contributed by atoms with Crippen molar-refractivity contribution in [1.82, 2.24) is 0 Å². The highest BCUT2D eigenvalue weighted by Crippen LogP contribution is 2.20. The lowest BCUT2D eigenvalue weighted by atomic mass is 9.98. The largest absolute Gasteiger partial charge is 0.324 e. The maximum Gasteiger partial charge on any atom is 0.159 e. The van der Waals surface area contributed by atoms with E-state index in [0.29, 0.717) is 11.5 Å². The lowest BCUT2D eigenvalue weighted by Gasteiger charge is -2.13. The molecule has 0 aliphatic carbocycles. The third-order valence-corrected chi connectivity index (χ3v) is 2.43. The van der Waals surface area contributed by atoms with Gasteiger partial charge >= 0.3 is 0 Å². The second-order valence-electron chi connectivity index (χ2n) is 4.25. The Balaban J connectivity index is 2.65. The van der Waals surface area contributed by atoms with E-state index >= 15 is 0 Å². The summed E-state index contributed by atoms with van der Waals surface area (Å²) in [6.45, 7) is 4.22. The van der Waals surface area contributed by atoms with Gasteiger partial charge < -0.3 is 5.73 Å². The number of halogens is 2. The second kappa shape index (κ2) is 5.21. The van der Waals surface area contributed by atoms with Crippen LogP contribution in [0.15, 0.2) is 18.2 Å². The van der Waals surface area contributed by atoms with Crippen LogP contribution in [0.3, 0.4) is 0 Å². The van der Waals surface area contributed by atoms with Crippen molar-refractivity contribution in [2.75, 3.05) is 0 Å². The monoisotopic (exact) mass is 213 g/mol. The van der Waals surface area contributed by atoms with Crippen LogP contribution < -0.4 is 5.73 Å². The lowest BCUT2D eigenvalue weighted by molar-refractivity contribution is 0.491. The minimum absolute atomic E-state index is 0.206. The number of hydrogen-bond acceptors (Lipinski definition) is 1. The highest BCUT2D eigenvalue weighted by atomic mass is 19.2. The summed E-state index contributed by atoms with van der Waals surface area (Å²) in [5.74, 6) is -1.08. The van der Waals surface area contributed by atoms with Crippen molar-refractivity contribution in [3.8, 4) is 0 Å². The van der Waals surface area contributed by atoms with Gasteiger partial charge in [-0.1, -0.05) is 19.9 Å². The predicted molar refractivity (Wildman–Crippen MR) is 57.4 cm³/mol. The molecule has 0 amide bonds. The van der Waals surface area contributed by atoms with E-state index in [-0.39, 0.29) is 6.04 Å². The molecule has 0 bridgehead atoms. The van der Waals surface area contributed by atoms with Gasteiger partial charge in [-0.3, -0.25) is 0 Å². The van der Waals surface area contributed by atoms with Crippen LogP contribution in [0.1, 0.15) is 38.3 Å². The molecule has 0 spiro atoms. The van der Waals surface area contributed by atoms with Crippen molar-refractivity contribution in [2.24, 2.45) is 11.7 Å². The van der Waals surface area contributed by atoms with Gasteiger partial charge in [0.05, 0.1) is 0 Å². The van der Waals surface area contributed by atoms with E-state index in [2.05, 4.69) is 13.8 Å². The summed E-state index contributed by atoms with van der Waals surface area (Å²) in [6, 6.07) is 3.64. The molecule has 1 aromatic carbocycles. The Morgan fingerprint density at radius 2 is 1.80 bits per heavy atom. The molecular formula is C12H17F2N. The fourth-order valence-corrected chi connectivity index (χ4v) is 1.42. The van der Waals surface area contributed by atoms with Crippen LogP contribution in [-0.2, 0) is 0 Å². The van der Waals surface area contributed by atoms with Crippen molar-refractivity contribution < 1.29 is 8.78 Å². The fraction of sp³-hybridized carbons (Fsp3) is 0.500. The Morgan fingerprint density at radius 1 is 1.13 bits per heavy atom. The standard InChI is InChI=1S/C12H17F2N/c1-8(2)3-6-12(15)9-4-5-10(13)11(14)7-9/h4-5,7-8,12H,3,6,15H2,1-2H3/t12-/m0/s1. The van der Waals surface area contributed by atoms with E-state index in [4.69, 9.17) is 5.73 Å². The zero-order valence-corrected chi connectivity index (χ0v) is 9.13. The highest BCUT2D eigenvalue weighted by molar-refractivity contribution is 5.20. The molecule has 3 heteroatoms. The predicted octanol–water partition coefficient (Wildman–Crippen LogP) is 3.40. The molecule has 15 heavy (non-hydrogen) atoms. The molecule has 0 fully saturated rings. The van der Waals surface area contributed by atoms with Crippen LogP contribution in [-0.4, -0.2) is 0 Å². The van der Waals surface area contributed by atoms with Crippen molar-refractivity contribution in [1.29, 1.82) is 0 Å².